The highest BCUT2D eigenvalue weighted by atomic mass is 16.5. The fourth-order valence-electron chi connectivity index (χ4n) is 0.275. The van der Waals surface area contributed by atoms with Crippen LogP contribution in [0.1, 0.15) is 26.7 Å². The van der Waals surface area contributed by atoms with E-state index in [2.05, 4.69) is 16.6 Å². The second-order valence-corrected chi connectivity index (χ2v) is 2.11. The minimum absolute atomic E-state index is 0.245. The maximum Gasteiger partial charge on any atom is 0.302 e. The number of amides is 1. The standard InChI is InChI=1S/C6H9NO.C3H6O2/c1-2-3-4-5-6(7)8;1-3(4)5-2/h2-3H2,1H3,(H2,7,8);1-2H3. The number of methoxy groups -OCH3 is 1. The zero-order valence-corrected chi connectivity index (χ0v) is 8.22. The van der Waals surface area contributed by atoms with Crippen LogP contribution in [0, 0.1) is 11.8 Å². The predicted octanol–water partition coefficient (Wildman–Crippen LogP) is 0.454. The molecule has 0 aromatic heterocycles. The Morgan fingerprint density at radius 1 is 1.46 bits per heavy atom. The normalized spacial score (nSPS) is 7.00. The molecule has 0 aliphatic carbocycles. The number of ether oxygens (including phenoxy) is 1. The number of primary amides is 1. The van der Waals surface area contributed by atoms with Gasteiger partial charge in [0.2, 0.25) is 0 Å². The first-order chi connectivity index (χ1) is 6.04. The molecule has 0 saturated carbocycles. The number of carbonyl (C=O) groups is 2. The lowest BCUT2D eigenvalue weighted by Crippen LogP contribution is -2.05. The van der Waals surface area contributed by atoms with Crippen molar-refractivity contribution >= 4 is 11.9 Å². The molecule has 0 aromatic carbocycles. The number of carbonyl (C=O) groups excluding carboxylic acids is 2. The summed E-state index contributed by atoms with van der Waals surface area (Å²) in [5.41, 5.74) is 4.72. The quantitative estimate of drug-likeness (QED) is 0.476. The van der Waals surface area contributed by atoms with Gasteiger partial charge in [0.1, 0.15) is 0 Å². The molecule has 4 nitrogen and oxygen atoms in total. The average Bonchev–Trinajstić information content (AvgIpc) is 2.05. The van der Waals surface area contributed by atoms with E-state index in [0.29, 0.717) is 0 Å². The SMILES string of the molecule is CCCC#CC(N)=O.COC(C)=O. The second-order valence-electron chi connectivity index (χ2n) is 2.11. The van der Waals surface area contributed by atoms with Gasteiger partial charge in [-0.25, -0.2) is 0 Å². The molecule has 1 amide bonds. The highest BCUT2D eigenvalue weighted by Gasteiger charge is 1.76. The van der Waals surface area contributed by atoms with Gasteiger partial charge in [-0.05, 0) is 12.3 Å². The Kier molecular flexibility index (Phi) is 11.3. The first kappa shape index (κ1) is 14.0. The van der Waals surface area contributed by atoms with Crippen molar-refractivity contribution in [1.82, 2.24) is 0 Å². The van der Waals surface area contributed by atoms with E-state index < -0.39 is 5.91 Å². The lowest BCUT2D eigenvalue weighted by molar-refractivity contribution is -0.137. The summed E-state index contributed by atoms with van der Waals surface area (Å²) >= 11 is 0. The smallest absolute Gasteiger partial charge is 0.302 e. The van der Waals surface area contributed by atoms with E-state index in [1.165, 1.54) is 14.0 Å². The molecule has 13 heavy (non-hydrogen) atoms. The lowest BCUT2D eigenvalue weighted by atomic mass is 10.3. The summed E-state index contributed by atoms with van der Waals surface area (Å²) in [7, 11) is 1.35. The van der Waals surface area contributed by atoms with Gasteiger partial charge in [-0.3, -0.25) is 9.59 Å². The molecule has 0 aliphatic rings. The van der Waals surface area contributed by atoms with Crippen molar-refractivity contribution in [2.75, 3.05) is 7.11 Å². The van der Waals surface area contributed by atoms with Crippen LogP contribution in [-0.4, -0.2) is 19.0 Å². The summed E-state index contributed by atoms with van der Waals surface area (Å²) in [4.78, 5) is 19.5. The van der Waals surface area contributed by atoms with Crippen molar-refractivity contribution < 1.29 is 14.3 Å². The van der Waals surface area contributed by atoms with E-state index in [0.717, 1.165) is 12.8 Å². The molecule has 4 heteroatoms. The highest BCUT2D eigenvalue weighted by molar-refractivity contribution is 5.91. The monoisotopic (exact) mass is 185 g/mol. The van der Waals surface area contributed by atoms with Crippen LogP contribution in [0.2, 0.25) is 0 Å². The van der Waals surface area contributed by atoms with Gasteiger partial charge in [0.15, 0.2) is 0 Å². The Morgan fingerprint density at radius 3 is 2.15 bits per heavy atom. The van der Waals surface area contributed by atoms with Crippen LogP contribution in [0.5, 0.6) is 0 Å². The van der Waals surface area contributed by atoms with E-state index in [1.54, 1.807) is 0 Å². The maximum absolute atomic E-state index is 9.92. The molecule has 0 radical (unpaired) electrons. The molecule has 0 aliphatic heterocycles. The molecular formula is C9H15NO3. The second kappa shape index (κ2) is 10.5. The number of unbranched alkanes of at least 4 members (excludes halogenated alkanes) is 1. The first-order valence-electron chi connectivity index (χ1n) is 3.87. The zero-order chi connectivity index (χ0) is 10.7. The maximum atomic E-state index is 9.92. The van der Waals surface area contributed by atoms with Gasteiger partial charge in [-0.15, -0.1) is 0 Å². The largest absolute Gasteiger partial charge is 0.469 e. The third kappa shape index (κ3) is 25.1. The van der Waals surface area contributed by atoms with Crippen LogP contribution >= 0.6 is 0 Å². The summed E-state index contributed by atoms with van der Waals surface area (Å²) in [6.07, 6.45) is 1.73. The van der Waals surface area contributed by atoms with Gasteiger partial charge >= 0.3 is 5.97 Å². The van der Waals surface area contributed by atoms with Gasteiger partial charge in [0.25, 0.3) is 5.91 Å². The Labute approximate surface area is 78.4 Å². The van der Waals surface area contributed by atoms with Crippen molar-refractivity contribution in [2.24, 2.45) is 5.73 Å². The Hall–Kier alpha value is -1.50. The van der Waals surface area contributed by atoms with E-state index in [1.807, 2.05) is 6.92 Å². The summed E-state index contributed by atoms with van der Waals surface area (Å²) in [6.45, 7) is 3.36. The molecule has 0 saturated heterocycles. The van der Waals surface area contributed by atoms with Crippen LogP contribution in [0.4, 0.5) is 0 Å². The van der Waals surface area contributed by atoms with Crippen LogP contribution in [0.15, 0.2) is 0 Å². The molecular weight excluding hydrogens is 170 g/mol. The molecule has 0 fully saturated rings. The minimum atomic E-state index is -0.543. The molecule has 0 spiro atoms. The van der Waals surface area contributed by atoms with Crippen molar-refractivity contribution in [1.29, 1.82) is 0 Å². The van der Waals surface area contributed by atoms with Crippen LogP contribution in [0.3, 0.4) is 0 Å². The van der Waals surface area contributed by atoms with Gasteiger partial charge in [-0.1, -0.05) is 12.8 Å². The first-order valence-corrected chi connectivity index (χ1v) is 3.87. The fourth-order valence-corrected chi connectivity index (χ4v) is 0.275. The number of hydrogen-bond donors (Lipinski definition) is 1. The van der Waals surface area contributed by atoms with Gasteiger partial charge in [0, 0.05) is 13.3 Å². The van der Waals surface area contributed by atoms with Crippen LogP contribution in [0.25, 0.3) is 0 Å². The third-order valence-corrected chi connectivity index (χ3v) is 0.874. The molecule has 0 aromatic rings. The molecule has 0 atom stereocenters. The molecule has 2 N–H and O–H groups in total. The summed E-state index contributed by atoms with van der Waals surface area (Å²) in [5.74, 6) is 4.06. The van der Waals surface area contributed by atoms with Crippen molar-refractivity contribution in [3.05, 3.63) is 0 Å². The minimum Gasteiger partial charge on any atom is -0.469 e. The Balaban J connectivity index is 0. The average molecular weight is 185 g/mol. The van der Waals surface area contributed by atoms with E-state index in [-0.39, 0.29) is 5.97 Å². The van der Waals surface area contributed by atoms with Crippen molar-refractivity contribution in [3.8, 4) is 11.8 Å². The Bertz CT molecular complexity index is 213. The molecule has 0 heterocycles. The third-order valence-electron chi connectivity index (χ3n) is 0.874. The van der Waals surface area contributed by atoms with E-state index in [9.17, 15) is 9.59 Å². The summed E-state index contributed by atoms with van der Waals surface area (Å²) in [6, 6.07) is 0. The lowest BCUT2D eigenvalue weighted by Gasteiger charge is -1.80. The number of esters is 1. The Morgan fingerprint density at radius 2 is 1.92 bits per heavy atom. The number of nitrogens with two attached hydrogens (primary N) is 1. The summed E-state index contributed by atoms with van der Waals surface area (Å²) in [5, 5.41) is 0. The highest BCUT2D eigenvalue weighted by Crippen LogP contribution is 1.79. The van der Waals surface area contributed by atoms with Gasteiger partial charge in [0.05, 0.1) is 7.11 Å². The van der Waals surface area contributed by atoms with Crippen LogP contribution < -0.4 is 5.73 Å². The molecule has 0 unspecified atom stereocenters. The number of rotatable bonds is 1. The predicted molar refractivity (Wildman–Crippen MR) is 49.6 cm³/mol. The van der Waals surface area contributed by atoms with E-state index >= 15 is 0 Å². The van der Waals surface area contributed by atoms with E-state index in [4.69, 9.17) is 5.73 Å². The number of hydrogen-bond acceptors (Lipinski definition) is 3. The van der Waals surface area contributed by atoms with Crippen LogP contribution in [-0.2, 0) is 14.3 Å². The molecule has 74 valence electrons. The summed E-state index contributed by atoms with van der Waals surface area (Å²) < 4.78 is 4.11. The fraction of sp³-hybridized carbons (Fsp3) is 0.556. The van der Waals surface area contributed by atoms with Crippen molar-refractivity contribution in [2.45, 2.75) is 26.7 Å². The molecule has 0 rings (SSSR count). The van der Waals surface area contributed by atoms with Crippen molar-refractivity contribution in [3.63, 3.8) is 0 Å². The molecule has 0 bridgehead atoms. The van der Waals surface area contributed by atoms with Gasteiger partial charge in [-0.2, -0.15) is 0 Å². The topological polar surface area (TPSA) is 69.4 Å². The van der Waals surface area contributed by atoms with Gasteiger partial charge < -0.3 is 10.5 Å². The zero-order valence-electron chi connectivity index (χ0n) is 8.22.